The lowest BCUT2D eigenvalue weighted by Crippen LogP contribution is -2.47. The zero-order valence-corrected chi connectivity index (χ0v) is 10.8. The van der Waals surface area contributed by atoms with E-state index in [2.05, 4.69) is 5.32 Å². The third-order valence-electron chi connectivity index (χ3n) is 3.29. The second-order valence-electron chi connectivity index (χ2n) is 4.60. The molecule has 1 aliphatic rings. The van der Waals surface area contributed by atoms with Crippen LogP contribution in [0.1, 0.15) is 5.56 Å². The van der Waals surface area contributed by atoms with E-state index in [1.807, 2.05) is 24.1 Å². The molecule has 3 N–H and O–H groups in total. The number of hydrogen-bond acceptors (Lipinski definition) is 4. The largest absolute Gasteiger partial charge is 0.399 e. The number of benzene rings is 1. The minimum Gasteiger partial charge on any atom is -0.399 e. The molecule has 1 aromatic rings. The first-order chi connectivity index (χ1) is 8.61. The molecule has 0 aliphatic carbocycles. The van der Waals surface area contributed by atoms with E-state index in [1.54, 1.807) is 13.2 Å². The second-order valence-corrected chi connectivity index (χ2v) is 4.60. The highest BCUT2D eigenvalue weighted by Gasteiger charge is 2.29. The van der Waals surface area contributed by atoms with E-state index in [0.29, 0.717) is 18.7 Å². The number of rotatable bonds is 4. The van der Waals surface area contributed by atoms with Crippen LogP contribution in [0.4, 0.5) is 11.4 Å². The molecule has 0 fully saturated rings. The highest BCUT2D eigenvalue weighted by atomic mass is 16.5. The molecule has 1 amide bonds. The third kappa shape index (κ3) is 2.63. The first kappa shape index (κ1) is 12.9. The maximum absolute atomic E-state index is 12.0. The van der Waals surface area contributed by atoms with Crippen LogP contribution in [0.15, 0.2) is 18.2 Å². The number of ether oxygens (including phenoxy) is 1. The number of methoxy groups -OCH3 is 1. The van der Waals surface area contributed by atoms with Gasteiger partial charge in [-0.3, -0.25) is 9.69 Å². The molecule has 1 aromatic carbocycles. The highest BCUT2D eigenvalue weighted by Crippen LogP contribution is 2.26. The molecule has 18 heavy (non-hydrogen) atoms. The van der Waals surface area contributed by atoms with Gasteiger partial charge in [-0.25, -0.2) is 0 Å². The van der Waals surface area contributed by atoms with Crippen LogP contribution in [0.2, 0.25) is 0 Å². The average molecular weight is 249 g/mol. The fraction of sp³-hybridized carbons (Fsp3) is 0.462. The molecule has 1 aliphatic heterocycles. The Balaban J connectivity index is 2.13. The maximum atomic E-state index is 12.0. The molecule has 5 nitrogen and oxygen atoms in total. The van der Waals surface area contributed by atoms with Gasteiger partial charge in [-0.1, -0.05) is 6.07 Å². The number of likely N-dealkylation sites (N-methyl/N-ethyl adjacent to an activating group) is 1. The normalized spacial score (nSPS) is 18.6. The molecule has 0 aromatic heterocycles. The Morgan fingerprint density at radius 2 is 2.33 bits per heavy atom. The van der Waals surface area contributed by atoms with Crippen LogP contribution in [-0.2, 0) is 16.0 Å². The van der Waals surface area contributed by atoms with Gasteiger partial charge in [0.25, 0.3) is 0 Å². The van der Waals surface area contributed by atoms with Gasteiger partial charge < -0.3 is 15.8 Å². The summed E-state index contributed by atoms with van der Waals surface area (Å²) in [6, 6.07) is 5.50. The number of amides is 1. The van der Waals surface area contributed by atoms with Gasteiger partial charge in [-0.15, -0.1) is 0 Å². The SMILES string of the molecule is COCCN(C)C1Cc2ccc(N)cc2NC1=O. The molecule has 1 unspecified atom stereocenters. The number of hydrogen-bond donors (Lipinski definition) is 2. The fourth-order valence-corrected chi connectivity index (χ4v) is 2.15. The molecule has 0 spiro atoms. The highest BCUT2D eigenvalue weighted by molar-refractivity contribution is 5.98. The van der Waals surface area contributed by atoms with Crippen molar-refractivity contribution in [2.45, 2.75) is 12.5 Å². The van der Waals surface area contributed by atoms with Gasteiger partial charge in [0.1, 0.15) is 0 Å². The lowest BCUT2D eigenvalue weighted by Gasteiger charge is -2.31. The number of nitrogen functional groups attached to an aromatic ring is 1. The van der Waals surface area contributed by atoms with Crippen molar-refractivity contribution in [1.82, 2.24) is 4.90 Å². The molecule has 0 saturated carbocycles. The summed E-state index contributed by atoms with van der Waals surface area (Å²) in [5, 5.41) is 2.91. The van der Waals surface area contributed by atoms with Crippen molar-refractivity contribution in [1.29, 1.82) is 0 Å². The standard InChI is InChI=1S/C13H19N3O2/c1-16(5-6-18-2)12-7-9-3-4-10(14)8-11(9)15-13(12)17/h3-4,8,12H,5-7,14H2,1-2H3,(H,15,17). The summed E-state index contributed by atoms with van der Waals surface area (Å²) in [5.74, 6) is 0.0201. The first-order valence-electron chi connectivity index (χ1n) is 6.00. The van der Waals surface area contributed by atoms with Crippen LogP contribution in [0.5, 0.6) is 0 Å². The van der Waals surface area contributed by atoms with Gasteiger partial charge in [0.2, 0.25) is 5.91 Å². The van der Waals surface area contributed by atoms with Crippen molar-refractivity contribution >= 4 is 17.3 Å². The summed E-state index contributed by atoms with van der Waals surface area (Å²) >= 11 is 0. The smallest absolute Gasteiger partial charge is 0.242 e. The summed E-state index contributed by atoms with van der Waals surface area (Å²) < 4.78 is 5.03. The Labute approximate surface area is 107 Å². The molecule has 0 saturated heterocycles. The Kier molecular flexibility index (Phi) is 3.84. The average Bonchev–Trinajstić information content (AvgIpc) is 2.35. The van der Waals surface area contributed by atoms with Crippen molar-refractivity contribution in [3.63, 3.8) is 0 Å². The van der Waals surface area contributed by atoms with Crippen LogP contribution < -0.4 is 11.1 Å². The van der Waals surface area contributed by atoms with E-state index >= 15 is 0 Å². The molecule has 1 heterocycles. The van der Waals surface area contributed by atoms with Gasteiger partial charge in [0, 0.05) is 25.0 Å². The molecule has 0 bridgehead atoms. The molecule has 0 radical (unpaired) electrons. The topological polar surface area (TPSA) is 67.6 Å². The Bertz CT molecular complexity index is 448. The van der Waals surface area contributed by atoms with Gasteiger partial charge in [0.15, 0.2) is 0 Å². The lowest BCUT2D eigenvalue weighted by atomic mass is 9.97. The van der Waals surface area contributed by atoms with Crippen molar-refractivity contribution in [2.75, 3.05) is 38.4 Å². The summed E-state index contributed by atoms with van der Waals surface area (Å²) in [6.45, 7) is 1.35. The molecule has 98 valence electrons. The number of nitrogens with one attached hydrogen (secondary N) is 1. The monoisotopic (exact) mass is 249 g/mol. The number of nitrogens with two attached hydrogens (primary N) is 1. The van der Waals surface area contributed by atoms with Gasteiger partial charge >= 0.3 is 0 Å². The molecule has 5 heteroatoms. The van der Waals surface area contributed by atoms with Gasteiger partial charge in [-0.05, 0) is 31.2 Å². The summed E-state index contributed by atoms with van der Waals surface area (Å²) in [4.78, 5) is 14.1. The predicted octanol–water partition coefficient (Wildman–Crippen LogP) is 0.710. The van der Waals surface area contributed by atoms with Crippen molar-refractivity contribution in [3.8, 4) is 0 Å². The van der Waals surface area contributed by atoms with Crippen LogP contribution in [-0.4, -0.2) is 44.2 Å². The first-order valence-corrected chi connectivity index (χ1v) is 6.00. The van der Waals surface area contributed by atoms with E-state index in [1.165, 1.54) is 0 Å². The predicted molar refractivity (Wildman–Crippen MR) is 71.5 cm³/mol. The lowest BCUT2D eigenvalue weighted by molar-refractivity contribution is -0.121. The Hall–Kier alpha value is -1.59. The number of anilines is 2. The molecular weight excluding hydrogens is 230 g/mol. The van der Waals surface area contributed by atoms with E-state index in [9.17, 15) is 4.79 Å². The summed E-state index contributed by atoms with van der Waals surface area (Å²) in [5.41, 5.74) is 8.33. The summed E-state index contributed by atoms with van der Waals surface area (Å²) in [6.07, 6.45) is 0.710. The van der Waals surface area contributed by atoms with Crippen LogP contribution >= 0.6 is 0 Å². The van der Waals surface area contributed by atoms with Crippen LogP contribution in [0, 0.1) is 0 Å². The van der Waals surface area contributed by atoms with Crippen molar-refractivity contribution in [3.05, 3.63) is 23.8 Å². The zero-order chi connectivity index (χ0) is 13.1. The van der Waals surface area contributed by atoms with E-state index in [0.717, 1.165) is 17.8 Å². The molecule has 2 rings (SSSR count). The quantitative estimate of drug-likeness (QED) is 0.771. The Morgan fingerprint density at radius 3 is 3.06 bits per heavy atom. The number of carbonyl (C=O) groups excluding carboxylic acids is 1. The Morgan fingerprint density at radius 1 is 1.56 bits per heavy atom. The third-order valence-corrected chi connectivity index (χ3v) is 3.29. The van der Waals surface area contributed by atoms with Crippen LogP contribution in [0.3, 0.4) is 0 Å². The second kappa shape index (κ2) is 5.37. The minimum atomic E-state index is -0.142. The minimum absolute atomic E-state index is 0.0201. The molecular formula is C13H19N3O2. The van der Waals surface area contributed by atoms with Gasteiger partial charge in [0.05, 0.1) is 12.6 Å². The maximum Gasteiger partial charge on any atom is 0.242 e. The fourth-order valence-electron chi connectivity index (χ4n) is 2.15. The van der Waals surface area contributed by atoms with Crippen molar-refractivity contribution in [2.24, 2.45) is 0 Å². The summed E-state index contributed by atoms with van der Waals surface area (Å²) in [7, 11) is 3.60. The number of nitrogens with zero attached hydrogens (tertiary/aromatic N) is 1. The van der Waals surface area contributed by atoms with Gasteiger partial charge in [-0.2, -0.15) is 0 Å². The van der Waals surface area contributed by atoms with Crippen molar-refractivity contribution < 1.29 is 9.53 Å². The van der Waals surface area contributed by atoms with Crippen LogP contribution in [0.25, 0.3) is 0 Å². The van der Waals surface area contributed by atoms with E-state index < -0.39 is 0 Å². The number of carbonyl (C=O) groups is 1. The molecule has 1 atom stereocenters. The van der Waals surface area contributed by atoms with E-state index in [4.69, 9.17) is 10.5 Å². The number of fused-ring (bicyclic) bond motifs is 1. The zero-order valence-electron chi connectivity index (χ0n) is 10.8. The van der Waals surface area contributed by atoms with E-state index in [-0.39, 0.29) is 11.9 Å².